The van der Waals surface area contributed by atoms with Gasteiger partial charge in [0, 0.05) is 13.1 Å². The van der Waals surface area contributed by atoms with E-state index in [1.807, 2.05) is 23.1 Å². The van der Waals surface area contributed by atoms with Gasteiger partial charge in [-0.1, -0.05) is 18.9 Å². The quantitative estimate of drug-likeness (QED) is 0.846. The van der Waals surface area contributed by atoms with Crippen LogP contribution in [0.3, 0.4) is 0 Å². The number of benzene rings is 1. The Bertz CT molecular complexity index is 759. The van der Waals surface area contributed by atoms with Crippen LogP contribution < -0.4 is 14.8 Å². The molecule has 2 atom stereocenters. The normalized spacial score (nSPS) is 26.4. The van der Waals surface area contributed by atoms with Gasteiger partial charge in [-0.05, 0) is 30.5 Å². The maximum absolute atomic E-state index is 13.8. The number of methoxy groups -OCH3 is 2. The molecule has 2 saturated heterocycles. The molecular formula is C21H28N2O5. The molecule has 1 saturated carbocycles. The molecule has 7 heteroatoms. The van der Waals surface area contributed by atoms with E-state index >= 15 is 0 Å². The number of carbonyl (C=O) groups is 2. The summed E-state index contributed by atoms with van der Waals surface area (Å²) < 4.78 is 16.4. The zero-order valence-corrected chi connectivity index (χ0v) is 16.5. The van der Waals surface area contributed by atoms with Crippen LogP contribution in [0.1, 0.15) is 31.2 Å². The molecule has 2 bridgehead atoms. The molecule has 1 N–H and O–H groups in total. The van der Waals surface area contributed by atoms with Crippen molar-refractivity contribution in [3.8, 4) is 11.5 Å². The van der Waals surface area contributed by atoms with E-state index in [4.69, 9.17) is 14.2 Å². The Morgan fingerprint density at radius 1 is 1.14 bits per heavy atom. The van der Waals surface area contributed by atoms with Gasteiger partial charge in [-0.2, -0.15) is 0 Å². The molecule has 0 aromatic heterocycles. The van der Waals surface area contributed by atoms with Crippen LogP contribution in [0.25, 0.3) is 0 Å². The van der Waals surface area contributed by atoms with Crippen molar-refractivity contribution in [1.29, 1.82) is 0 Å². The van der Waals surface area contributed by atoms with Gasteiger partial charge in [-0.3, -0.25) is 9.59 Å². The first-order valence-corrected chi connectivity index (χ1v) is 9.97. The Kier molecular flexibility index (Phi) is 5.19. The van der Waals surface area contributed by atoms with Crippen LogP contribution in [-0.2, 0) is 19.7 Å². The van der Waals surface area contributed by atoms with Gasteiger partial charge in [0.25, 0.3) is 0 Å². The van der Waals surface area contributed by atoms with Crippen LogP contribution in [0.2, 0.25) is 0 Å². The van der Waals surface area contributed by atoms with Gasteiger partial charge in [-0.15, -0.1) is 0 Å². The molecule has 28 heavy (non-hydrogen) atoms. The second-order valence-corrected chi connectivity index (χ2v) is 8.01. The highest BCUT2D eigenvalue weighted by molar-refractivity contribution is 5.90. The number of rotatable bonds is 4. The third kappa shape index (κ3) is 3.21. The minimum atomic E-state index is -0.567. The van der Waals surface area contributed by atoms with E-state index in [1.54, 1.807) is 14.2 Å². The third-order valence-corrected chi connectivity index (χ3v) is 6.33. The molecule has 0 spiro atoms. The molecule has 1 aromatic carbocycles. The van der Waals surface area contributed by atoms with Crippen LogP contribution in [-0.4, -0.2) is 63.3 Å². The minimum absolute atomic E-state index is 0.00983. The van der Waals surface area contributed by atoms with E-state index < -0.39 is 5.41 Å². The number of ether oxygens (including phenoxy) is 3. The number of fused-ring (bicyclic) bond motifs is 3. The molecule has 4 rings (SSSR count). The molecule has 152 valence electrons. The fourth-order valence-corrected chi connectivity index (χ4v) is 4.84. The van der Waals surface area contributed by atoms with E-state index in [2.05, 4.69) is 5.32 Å². The number of carbonyl (C=O) groups excluding carboxylic acids is 2. The summed E-state index contributed by atoms with van der Waals surface area (Å²) in [6, 6.07) is 5.65. The molecule has 7 nitrogen and oxygen atoms in total. The Balaban J connectivity index is 1.68. The Labute approximate surface area is 165 Å². The Morgan fingerprint density at radius 2 is 1.89 bits per heavy atom. The number of hydrogen-bond donors (Lipinski definition) is 1. The highest BCUT2D eigenvalue weighted by Gasteiger charge is 2.47. The highest BCUT2D eigenvalue weighted by Crippen LogP contribution is 2.45. The molecule has 2 heterocycles. The summed E-state index contributed by atoms with van der Waals surface area (Å²) in [4.78, 5) is 28.1. The topological polar surface area (TPSA) is 77.1 Å². The summed E-state index contributed by atoms with van der Waals surface area (Å²) in [5.74, 6) is 1.09. The van der Waals surface area contributed by atoms with E-state index in [0.29, 0.717) is 37.8 Å². The lowest BCUT2D eigenvalue weighted by molar-refractivity contribution is -0.139. The lowest BCUT2D eigenvalue weighted by atomic mass is 9.77. The highest BCUT2D eigenvalue weighted by atomic mass is 16.5. The van der Waals surface area contributed by atoms with E-state index in [1.165, 1.54) is 0 Å². The van der Waals surface area contributed by atoms with Crippen molar-refractivity contribution in [2.24, 2.45) is 5.92 Å². The fraction of sp³-hybridized carbons (Fsp3) is 0.619. The van der Waals surface area contributed by atoms with Gasteiger partial charge in [0.1, 0.15) is 0 Å². The molecule has 0 unspecified atom stereocenters. The van der Waals surface area contributed by atoms with Gasteiger partial charge in [0.2, 0.25) is 11.8 Å². The van der Waals surface area contributed by atoms with E-state index in [9.17, 15) is 9.59 Å². The van der Waals surface area contributed by atoms with Gasteiger partial charge in [-0.25, -0.2) is 0 Å². The predicted molar refractivity (Wildman–Crippen MR) is 103 cm³/mol. The van der Waals surface area contributed by atoms with Crippen LogP contribution in [0.15, 0.2) is 18.2 Å². The van der Waals surface area contributed by atoms with Crippen LogP contribution in [0.4, 0.5) is 0 Å². The second kappa shape index (κ2) is 7.62. The van der Waals surface area contributed by atoms with Gasteiger partial charge >= 0.3 is 0 Å². The first kappa shape index (κ1) is 19.1. The molecule has 0 radical (unpaired) electrons. The van der Waals surface area contributed by atoms with Crippen molar-refractivity contribution >= 4 is 11.8 Å². The molecule has 2 aliphatic heterocycles. The van der Waals surface area contributed by atoms with Crippen molar-refractivity contribution in [1.82, 2.24) is 10.2 Å². The maximum Gasteiger partial charge on any atom is 0.233 e. The van der Waals surface area contributed by atoms with Crippen molar-refractivity contribution in [2.75, 3.05) is 40.5 Å². The summed E-state index contributed by atoms with van der Waals surface area (Å²) >= 11 is 0. The standard InChI is InChI=1S/C21H28N2O5/c1-26-17-6-5-15(9-18(17)27-2)21(7-3-4-8-21)20(25)23-10-14-12-28-13-16(11-23)22-19(14)24/h5-6,9,14,16H,3-4,7-8,10-13H2,1-2H3,(H,22,24)/t14-,16+/m1/s1. The largest absolute Gasteiger partial charge is 0.493 e. The maximum atomic E-state index is 13.8. The summed E-state index contributed by atoms with van der Waals surface area (Å²) in [5.41, 5.74) is 0.403. The van der Waals surface area contributed by atoms with E-state index in [-0.39, 0.29) is 23.8 Å². The number of nitrogens with zero attached hydrogens (tertiary/aromatic N) is 1. The molecule has 2 amide bonds. The molecule has 1 aliphatic carbocycles. The van der Waals surface area contributed by atoms with Crippen LogP contribution in [0.5, 0.6) is 11.5 Å². The monoisotopic (exact) mass is 388 g/mol. The predicted octanol–water partition coefficient (Wildman–Crippen LogP) is 1.49. The van der Waals surface area contributed by atoms with Crippen LogP contribution >= 0.6 is 0 Å². The Morgan fingerprint density at radius 3 is 2.61 bits per heavy atom. The van der Waals surface area contributed by atoms with E-state index in [0.717, 1.165) is 31.2 Å². The molecule has 3 aliphatic rings. The zero-order chi connectivity index (χ0) is 19.7. The fourth-order valence-electron chi connectivity index (χ4n) is 4.84. The smallest absolute Gasteiger partial charge is 0.233 e. The van der Waals surface area contributed by atoms with Crippen molar-refractivity contribution in [3.05, 3.63) is 23.8 Å². The first-order valence-electron chi connectivity index (χ1n) is 9.97. The average Bonchev–Trinajstić information content (AvgIpc) is 3.06. The summed E-state index contributed by atoms with van der Waals surface area (Å²) in [5, 5.41) is 3.01. The van der Waals surface area contributed by atoms with Gasteiger partial charge in [0.05, 0.1) is 44.8 Å². The lowest BCUT2D eigenvalue weighted by Gasteiger charge is -2.37. The first-order chi connectivity index (χ1) is 13.6. The van der Waals surface area contributed by atoms with Gasteiger partial charge < -0.3 is 24.4 Å². The second-order valence-electron chi connectivity index (χ2n) is 8.01. The summed E-state index contributed by atoms with van der Waals surface area (Å²) in [7, 11) is 3.22. The van der Waals surface area contributed by atoms with Crippen molar-refractivity contribution < 1.29 is 23.8 Å². The minimum Gasteiger partial charge on any atom is -0.493 e. The van der Waals surface area contributed by atoms with Crippen molar-refractivity contribution in [3.63, 3.8) is 0 Å². The number of hydrogen-bond acceptors (Lipinski definition) is 5. The Hall–Kier alpha value is -2.28. The SMILES string of the molecule is COc1ccc(C2(C(=O)N3C[C@H]4COC[C@@H](C3)C(=O)N4)CCCC2)cc1OC. The average molecular weight is 388 g/mol. The number of nitrogens with one attached hydrogen (secondary N) is 1. The lowest BCUT2D eigenvalue weighted by Crippen LogP contribution is -2.51. The van der Waals surface area contributed by atoms with Gasteiger partial charge in [0.15, 0.2) is 11.5 Å². The summed E-state index contributed by atoms with van der Waals surface area (Å²) in [6.07, 6.45) is 3.65. The zero-order valence-electron chi connectivity index (χ0n) is 16.5. The molecule has 1 aromatic rings. The van der Waals surface area contributed by atoms with Crippen LogP contribution in [0, 0.1) is 5.92 Å². The third-order valence-electron chi connectivity index (χ3n) is 6.33. The molecule has 3 fully saturated rings. The van der Waals surface area contributed by atoms with Crippen molar-refractivity contribution in [2.45, 2.75) is 37.1 Å². The number of amides is 2. The molecular weight excluding hydrogens is 360 g/mol. The summed E-state index contributed by atoms with van der Waals surface area (Å²) in [6.45, 7) is 1.73.